The summed E-state index contributed by atoms with van der Waals surface area (Å²) in [6.45, 7) is 3.80. The molecule has 2 atom stereocenters. The van der Waals surface area contributed by atoms with Gasteiger partial charge >= 0.3 is 0 Å². The third kappa shape index (κ3) is 3.17. The summed E-state index contributed by atoms with van der Waals surface area (Å²) in [5, 5.41) is 3.68. The van der Waals surface area contributed by atoms with Gasteiger partial charge in [-0.3, -0.25) is 4.90 Å². The Morgan fingerprint density at radius 1 is 1.00 bits per heavy atom. The third-order valence-electron chi connectivity index (χ3n) is 5.63. The molecule has 0 spiro atoms. The lowest BCUT2D eigenvalue weighted by Gasteiger charge is -2.33. The van der Waals surface area contributed by atoms with Crippen LogP contribution in [0.2, 0.25) is 0 Å². The minimum absolute atomic E-state index is 0.754. The van der Waals surface area contributed by atoms with Crippen LogP contribution in [0.15, 0.2) is 24.3 Å². The van der Waals surface area contributed by atoms with Gasteiger partial charge in [0, 0.05) is 25.2 Å². The first kappa shape index (κ1) is 13.8. The Labute approximate surface area is 128 Å². The van der Waals surface area contributed by atoms with Crippen LogP contribution in [0, 0.1) is 0 Å². The normalized spacial score (nSPS) is 28.8. The number of benzene rings is 1. The van der Waals surface area contributed by atoms with Gasteiger partial charge < -0.3 is 5.32 Å². The molecule has 2 nitrogen and oxygen atoms in total. The summed E-state index contributed by atoms with van der Waals surface area (Å²) in [5.41, 5.74) is 3.26. The largest absolute Gasteiger partial charge is 0.313 e. The van der Waals surface area contributed by atoms with Crippen molar-refractivity contribution in [2.75, 3.05) is 19.6 Å². The molecule has 2 unspecified atom stereocenters. The number of nitrogens with one attached hydrogen (secondary N) is 1. The van der Waals surface area contributed by atoms with Crippen LogP contribution in [0.25, 0.3) is 0 Å². The Morgan fingerprint density at radius 3 is 2.71 bits per heavy atom. The van der Waals surface area contributed by atoms with E-state index >= 15 is 0 Å². The summed E-state index contributed by atoms with van der Waals surface area (Å²) in [7, 11) is 0. The minimum atomic E-state index is 0.754. The highest BCUT2D eigenvalue weighted by Gasteiger charge is 2.33. The van der Waals surface area contributed by atoms with Crippen molar-refractivity contribution in [1.82, 2.24) is 10.2 Å². The van der Waals surface area contributed by atoms with E-state index in [4.69, 9.17) is 0 Å². The summed E-state index contributed by atoms with van der Waals surface area (Å²) in [6.07, 6.45) is 9.67. The first-order chi connectivity index (χ1) is 10.4. The van der Waals surface area contributed by atoms with Gasteiger partial charge in [0.15, 0.2) is 0 Å². The molecule has 1 aliphatic heterocycles. The van der Waals surface area contributed by atoms with E-state index in [2.05, 4.69) is 34.5 Å². The molecule has 0 aromatic heterocycles. The number of hydrogen-bond acceptors (Lipinski definition) is 2. The van der Waals surface area contributed by atoms with Crippen LogP contribution < -0.4 is 5.32 Å². The van der Waals surface area contributed by atoms with Gasteiger partial charge in [-0.25, -0.2) is 0 Å². The number of fused-ring (bicyclic) bond motifs is 1. The topological polar surface area (TPSA) is 15.3 Å². The van der Waals surface area contributed by atoms with Gasteiger partial charge in [0.25, 0.3) is 0 Å². The van der Waals surface area contributed by atoms with Gasteiger partial charge in [-0.15, -0.1) is 0 Å². The molecule has 21 heavy (non-hydrogen) atoms. The van der Waals surface area contributed by atoms with Gasteiger partial charge in [0.2, 0.25) is 0 Å². The van der Waals surface area contributed by atoms with E-state index < -0.39 is 0 Å². The summed E-state index contributed by atoms with van der Waals surface area (Å²) in [4.78, 5) is 2.82. The van der Waals surface area contributed by atoms with Gasteiger partial charge in [0.05, 0.1) is 0 Å². The van der Waals surface area contributed by atoms with E-state index in [-0.39, 0.29) is 0 Å². The van der Waals surface area contributed by atoms with Crippen molar-refractivity contribution in [2.24, 2.45) is 0 Å². The molecule has 1 aromatic rings. The summed E-state index contributed by atoms with van der Waals surface area (Å²) < 4.78 is 0. The van der Waals surface area contributed by atoms with Crippen LogP contribution >= 0.6 is 0 Å². The van der Waals surface area contributed by atoms with Crippen molar-refractivity contribution in [1.29, 1.82) is 0 Å². The molecule has 0 amide bonds. The van der Waals surface area contributed by atoms with Crippen molar-refractivity contribution in [3.05, 3.63) is 35.4 Å². The van der Waals surface area contributed by atoms with Crippen LogP contribution in [0.1, 0.15) is 55.6 Å². The predicted molar refractivity (Wildman–Crippen MR) is 87.7 cm³/mol. The Kier molecular flexibility index (Phi) is 4.00. The van der Waals surface area contributed by atoms with E-state index in [1.54, 1.807) is 11.1 Å². The summed E-state index contributed by atoms with van der Waals surface area (Å²) in [6, 6.07) is 10.8. The summed E-state index contributed by atoms with van der Waals surface area (Å²) >= 11 is 0. The Bertz CT molecular complexity index is 474. The van der Waals surface area contributed by atoms with Crippen LogP contribution in [0.4, 0.5) is 0 Å². The van der Waals surface area contributed by atoms with Crippen molar-refractivity contribution >= 4 is 0 Å². The second-order valence-electron chi connectivity index (χ2n) is 7.27. The molecule has 2 fully saturated rings. The average molecular weight is 284 g/mol. The number of hydrogen-bond donors (Lipinski definition) is 1. The maximum Gasteiger partial charge on any atom is 0.0195 e. The zero-order valence-electron chi connectivity index (χ0n) is 13.1. The molecule has 0 radical (unpaired) electrons. The molecule has 1 saturated carbocycles. The second-order valence-corrected chi connectivity index (χ2v) is 7.27. The fourth-order valence-electron chi connectivity index (χ4n) is 4.34. The average Bonchev–Trinajstić information content (AvgIpc) is 3.25. The van der Waals surface area contributed by atoms with Crippen molar-refractivity contribution in [3.63, 3.8) is 0 Å². The smallest absolute Gasteiger partial charge is 0.0195 e. The van der Waals surface area contributed by atoms with E-state index in [0.29, 0.717) is 0 Å². The highest BCUT2D eigenvalue weighted by atomic mass is 15.2. The van der Waals surface area contributed by atoms with Gasteiger partial charge in [-0.2, -0.15) is 0 Å². The maximum atomic E-state index is 3.68. The highest BCUT2D eigenvalue weighted by Crippen LogP contribution is 2.35. The molecule has 1 saturated heterocycles. The van der Waals surface area contributed by atoms with E-state index in [1.807, 2.05) is 0 Å². The standard InChI is InChI=1S/C19H28N2/c1-2-9-19-15(5-1)6-3-7-16(19)13-21(18-10-11-18)14-17-8-4-12-20-17/h1-2,5,9,16-18,20H,3-4,6-8,10-14H2. The predicted octanol–water partition coefficient (Wildman–Crippen LogP) is 3.32. The molecule has 4 rings (SSSR count). The zero-order valence-corrected chi connectivity index (χ0v) is 13.1. The summed E-state index contributed by atoms with van der Waals surface area (Å²) in [5.74, 6) is 0.775. The van der Waals surface area contributed by atoms with E-state index in [0.717, 1.165) is 18.0 Å². The maximum absolute atomic E-state index is 3.68. The Morgan fingerprint density at radius 2 is 1.90 bits per heavy atom. The van der Waals surface area contributed by atoms with Crippen LogP contribution in [-0.4, -0.2) is 36.6 Å². The molecule has 2 heteroatoms. The van der Waals surface area contributed by atoms with Gasteiger partial charge in [-0.05, 0) is 68.5 Å². The monoisotopic (exact) mass is 284 g/mol. The molecule has 1 heterocycles. The second kappa shape index (κ2) is 6.10. The SMILES string of the molecule is c1ccc2c(c1)CCCC2CN(CC1CCCN1)C1CC1. The molecule has 1 aromatic carbocycles. The third-order valence-corrected chi connectivity index (χ3v) is 5.63. The number of aryl methyl sites for hydroxylation is 1. The molecule has 3 aliphatic rings. The van der Waals surface area contributed by atoms with Crippen LogP contribution in [0.5, 0.6) is 0 Å². The van der Waals surface area contributed by atoms with Gasteiger partial charge in [0.1, 0.15) is 0 Å². The lowest BCUT2D eigenvalue weighted by atomic mass is 9.82. The number of nitrogens with zero attached hydrogens (tertiary/aromatic N) is 1. The molecular formula is C19H28N2. The van der Waals surface area contributed by atoms with Crippen LogP contribution in [0.3, 0.4) is 0 Å². The number of rotatable bonds is 5. The fraction of sp³-hybridized carbons (Fsp3) is 0.684. The first-order valence-electron chi connectivity index (χ1n) is 8.95. The lowest BCUT2D eigenvalue weighted by molar-refractivity contribution is 0.218. The van der Waals surface area contributed by atoms with Crippen molar-refractivity contribution < 1.29 is 0 Å². The molecular weight excluding hydrogens is 256 g/mol. The molecule has 2 aliphatic carbocycles. The molecule has 114 valence electrons. The van der Waals surface area contributed by atoms with Crippen molar-refractivity contribution in [3.8, 4) is 0 Å². The molecule has 1 N–H and O–H groups in total. The van der Waals surface area contributed by atoms with E-state index in [1.165, 1.54) is 64.6 Å². The highest BCUT2D eigenvalue weighted by molar-refractivity contribution is 5.32. The first-order valence-corrected chi connectivity index (χ1v) is 8.95. The quantitative estimate of drug-likeness (QED) is 0.892. The Hall–Kier alpha value is -0.860. The minimum Gasteiger partial charge on any atom is -0.313 e. The van der Waals surface area contributed by atoms with Crippen molar-refractivity contribution in [2.45, 2.75) is 62.9 Å². The fourth-order valence-corrected chi connectivity index (χ4v) is 4.34. The van der Waals surface area contributed by atoms with Crippen LogP contribution in [-0.2, 0) is 6.42 Å². The molecule has 0 bridgehead atoms. The van der Waals surface area contributed by atoms with E-state index in [9.17, 15) is 0 Å². The lowest BCUT2D eigenvalue weighted by Crippen LogP contribution is -2.41. The Balaban J connectivity index is 1.45. The zero-order chi connectivity index (χ0) is 14.1. The van der Waals surface area contributed by atoms with Gasteiger partial charge in [-0.1, -0.05) is 24.3 Å².